The van der Waals surface area contributed by atoms with Crippen molar-refractivity contribution in [2.24, 2.45) is 0 Å². The fourth-order valence-electron chi connectivity index (χ4n) is 2.50. The van der Waals surface area contributed by atoms with Crippen molar-refractivity contribution in [1.29, 1.82) is 0 Å². The van der Waals surface area contributed by atoms with Crippen LogP contribution in [-0.2, 0) is 20.1 Å². The fourth-order valence-corrected chi connectivity index (χ4v) is 4.20. The fraction of sp³-hybridized carbons (Fsp3) is 0.0625. The lowest BCUT2D eigenvalue weighted by molar-refractivity contribution is 0.483. The molecule has 26 heavy (non-hydrogen) atoms. The Morgan fingerprint density at radius 1 is 0.962 bits per heavy atom. The average Bonchev–Trinajstić information content (AvgIpc) is 2.54. The maximum Gasteiger partial charge on any atom is 0.294 e. The lowest BCUT2D eigenvalue weighted by Gasteiger charge is -2.10. The molecule has 8 nitrogen and oxygen atoms in total. The van der Waals surface area contributed by atoms with Gasteiger partial charge in [0.25, 0.3) is 20.1 Å². The van der Waals surface area contributed by atoms with Gasteiger partial charge in [0.1, 0.15) is 0 Å². The molecule has 0 aliphatic heterocycles. The van der Waals surface area contributed by atoms with E-state index in [0.717, 1.165) is 12.1 Å². The predicted molar refractivity (Wildman–Crippen MR) is 96.4 cm³/mol. The summed E-state index contributed by atoms with van der Waals surface area (Å²) in [5, 5.41) is 0.663. The number of aromatic amines is 1. The third-order valence-corrected chi connectivity index (χ3v) is 5.94. The number of aromatic nitrogens is 1. The molecule has 0 saturated carbocycles. The highest BCUT2D eigenvalue weighted by molar-refractivity contribution is 7.92. The molecule has 0 bridgehead atoms. The van der Waals surface area contributed by atoms with E-state index in [4.69, 9.17) is 4.55 Å². The summed E-state index contributed by atoms with van der Waals surface area (Å²) in [6, 6.07) is 10.4. The Kier molecular flexibility index (Phi) is 4.34. The minimum absolute atomic E-state index is 0.241. The van der Waals surface area contributed by atoms with E-state index in [2.05, 4.69) is 9.71 Å². The Morgan fingerprint density at radius 3 is 2.35 bits per heavy atom. The number of pyridine rings is 1. The molecule has 1 aromatic heterocycles. The number of anilines is 1. The zero-order valence-corrected chi connectivity index (χ0v) is 15.1. The number of nitrogens with one attached hydrogen (secondary N) is 2. The Balaban J connectivity index is 2.03. The summed E-state index contributed by atoms with van der Waals surface area (Å²) >= 11 is 0. The van der Waals surface area contributed by atoms with Crippen molar-refractivity contribution in [2.75, 3.05) is 4.72 Å². The second-order valence-corrected chi connectivity index (χ2v) is 8.74. The van der Waals surface area contributed by atoms with Crippen LogP contribution in [0.1, 0.15) is 5.56 Å². The lowest BCUT2D eigenvalue weighted by atomic mass is 10.1. The van der Waals surface area contributed by atoms with Crippen molar-refractivity contribution in [3.8, 4) is 0 Å². The number of hydrogen-bond acceptors (Lipinski definition) is 5. The van der Waals surface area contributed by atoms with Gasteiger partial charge in [-0.25, -0.2) is 8.42 Å². The molecule has 0 unspecified atom stereocenters. The standard InChI is InChI=1S/C16H14N2O6S2/c1-10-7-16(19)17-15-6-5-11(8-14(10)15)18-25(20,21)12-3-2-4-13(9-12)26(22,23)24/h2-9,18H,1H3,(H,17,19)(H,22,23,24). The molecule has 3 aromatic rings. The predicted octanol–water partition coefficient (Wildman–Crippen LogP) is 1.88. The van der Waals surface area contributed by atoms with Gasteiger partial charge in [-0.05, 0) is 48.9 Å². The molecule has 0 radical (unpaired) electrons. The van der Waals surface area contributed by atoms with Gasteiger partial charge >= 0.3 is 0 Å². The van der Waals surface area contributed by atoms with Crippen molar-refractivity contribution in [2.45, 2.75) is 16.7 Å². The van der Waals surface area contributed by atoms with Crippen molar-refractivity contribution >= 4 is 36.7 Å². The van der Waals surface area contributed by atoms with Gasteiger partial charge in [0, 0.05) is 22.7 Å². The second kappa shape index (κ2) is 6.24. The number of rotatable bonds is 4. The molecule has 0 saturated heterocycles. The van der Waals surface area contributed by atoms with Gasteiger partial charge in [-0.3, -0.25) is 14.1 Å². The second-order valence-electron chi connectivity index (χ2n) is 5.63. The summed E-state index contributed by atoms with van der Waals surface area (Å²) in [6.07, 6.45) is 0. The zero-order chi connectivity index (χ0) is 19.1. The molecule has 10 heteroatoms. The van der Waals surface area contributed by atoms with E-state index in [9.17, 15) is 21.6 Å². The van der Waals surface area contributed by atoms with Gasteiger partial charge < -0.3 is 4.98 Å². The Bertz CT molecular complexity index is 1280. The van der Waals surface area contributed by atoms with Gasteiger partial charge in [0.15, 0.2) is 0 Å². The maximum absolute atomic E-state index is 12.5. The van der Waals surface area contributed by atoms with Crippen LogP contribution in [0.15, 0.2) is 63.1 Å². The Morgan fingerprint density at radius 2 is 1.65 bits per heavy atom. The number of benzene rings is 2. The first kappa shape index (κ1) is 18.1. The van der Waals surface area contributed by atoms with Crippen LogP contribution in [0.3, 0.4) is 0 Å². The minimum Gasteiger partial charge on any atom is -0.322 e. The molecule has 0 atom stereocenters. The number of H-pyrrole nitrogens is 1. The van der Waals surface area contributed by atoms with Gasteiger partial charge in [0.2, 0.25) is 5.56 Å². The minimum atomic E-state index is -4.52. The van der Waals surface area contributed by atoms with Crippen LogP contribution in [-0.4, -0.2) is 26.4 Å². The zero-order valence-electron chi connectivity index (χ0n) is 13.4. The van der Waals surface area contributed by atoms with Crippen LogP contribution >= 0.6 is 0 Å². The number of sulfonamides is 1. The van der Waals surface area contributed by atoms with Gasteiger partial charge in [-0.15, -0.1) is 0 Å². The quantitative estimate of drug-likeness (QED) is 0.579. The van der Waals surface area contributed by atoms with Crippen molar-refractivity contribution in [1.82, 2.24) is 4.98 Å². The van der Waals surface area contributed by atoms with E-state index in [1.807, 2.05) is 0 Å². The largest absolute Gasteiger partial charge is 0.322 e. The topological polar surface area (TPSA) is 133 Å². The first-order chi connectivity index (χ1) is 12.1. The molecule has 0 fully saturated rings. The monoisotopic (exact) mass is 394 g/mol. The summed E-state index contributed by atoms with van der Waals surface area (Å²) in [5.41, 5.74) is 1.22. The highest BCUT2D eigenvalue weighted by Crippen LogP contribution is 2.23. The summed E-state index contributed by atoms with van der Waals surface area (Å²) in [4.78, 5) is 13.3. The van der Waals surface area contributed by atoms with Crippen LogP contribution in [0.25, 0.3) is 10.9 Å². The highest BCUT2D eigenvalue weighted by Gasteiger charge is 2.18. The van der Waals surface area contributed by atoms with E-state index in [0.29, 0.717) is 16.5 Å². The molecule has 136 valence electrons. The van der Waals surface area contributed by atoms with Gasteiger partial charge in [-0.2, -0.15) is 8.42 Å². The first-order valence-corrected chi connectivity index (χ1v) is 10.2. The molecule has 2 aromatic carbocycles. The third-order valence-electron chi connectivity index (χ3n) is 3.72. The summed E-state index contributed by atoms with van der Waals surface area (Å²) < 4.78 is 58.8. The molecule has 3 rings (SSSR count). The van der Waals surface area contributed by atoms with Crippen LogP contribution in [0.2, 0.25) is 0 Å². The molecule has 3 N–H and O–H groups in total. The molecule has 0 spiro atoms. The van der Waals surface area contributed by atoms with Crippen LogP contribution in [0.5, 0.6) is 0 Å². The van der Waals surface area contributed by atoms with E-state index >= 15 is 0 Å². The van der Waals surface area contributed by atoms with Crippen molar-refractivity contribution in [3.05, 3.63) is 64.4 Å². The lowest BCUT2D eigenvalue weighted by Crippen LogP contribution is -2.14. The average molecular weight is 394 g/mol. The summed E-state index contributed by atoms with van der Waals surface area (Å²) in [7, 11) is -8.61. The van der Waals surface area contributed by atoms with Gasteiger partial charge in [-0.1, -0.05) is 6.07 Å². The number of aryl methyl sites for hydroxylation is 1. The van der Waals surface area contributed by atoms with Crippen molar-refractivity contribution in [3.63, 3.8) is 0 Å². The molecule has 0 aliphatic rings. The van der Waals surface area contributed by atoms with E-state index in [1.54, 1.807) is 19.1 Å². The summed E-state index contributed by atoms with van der Waals surface area (Å²) in [5.74, 6) is 0. The molecule has 0 aliphatic carbocycles. The van der Waals surface area contributed by atoms with Gasteiger partial charge in [0.05, 0.1) is 9.79 Å². The Labute approximate surface area is 149 Å². The van der Waals surface area contributed by atoms with Crippen LogP contribution < -0.4 is 10.3 Å². The molecule has 0 amide bonds. The molecular formula is C16H14N2O6S2. The molecule has 1 heterocycles. The number of hydrogen-bond donors (Lipinski definition) is 3. The number of fused-ring (bicyclic) bond motifs is 1. The molecular weight excluding hydrogens is 380 g/mol. The van der Waals surface area contributed by atoms with Crippen molar-refractivity contribution < 1.29 is 21.4 Å². The van der Waals surface area contributed by atoms with Crippen LogP contribution in [0, 0.1) is 6.92 Å². The van der Waals surface area contributed by atoms with E-state index in [1.165, 1.54) is 24.3 Å². The SMILES string of the molecule is Cc1cc(=O)[nH]c2ccc(NS(=O)(=O)c3cccc(S(=O)(=O)O)c3)cc12. The van der Waals surface area contributed by atoms with Crippen LogP contribution in [0.4, 0.5) is 5.69 Å². The smallest absolute Gasteiger partial charge is 0.294 e. The third kappa shape index (κ3) is 3.62. The van der Waals surface area contributed by atoms with E-state index in [-0.39, 0.29) is 16.1 Å². The highest BCUT2D eigenvalue weighted by atomic mass is 32.2. The van der Waals surface area contributed by atoms with E-state index < -0.39 is 25.0 Å². The summed E-state index contributed by atoms with van der Waals surface area (Å²) in [6.45, 7) is 1.73. The normalized spacial score (nSPS) is 12.2. The maximum atomic E-state index is 12.5. The first-order valence-electron chi connectivity index (χ1n) is 7.30. The Hall–Kier alpha value is -2.69.